The van der Waals surface area contributed by atoms with Crippen LogP contribution in [0.4, 0.5) is 5.69 Å². The highest BCUT2D eigenvalue weighted by atomic mass is 16.2. The summed E-state index contributed by atoms with van der Waals surface area (Å²) in [4.78, 5) is 28.8. The molecule has 4 nitrogen and oxygen atoms in total. The highest BCUT2D eigenvalue weighted by Gasteiger charge is 2.25. The maximum atomic E-state index is 13.3. The van der Waals surface area contributed by atoms with Crippen LogP contribution >= 0.6 is 0 Å². The molecule has 0 aromatic heterocycles. The third-order valence-electron chi connectivity index (χ3n) is 5.52. The average molecular weight is 384 g/mol. The van der Waals surface area contributed by atoms with E-state index in [0.29, 0.717) is 25.2 Å². The second-order valence-corrected chi connectivity index (χ2v) is 7.42. The van der Waals surface area contributed by atoms with Crippen LogP contribution in [0, 0.1) is 6.92 Å². The summed E-state index contributed by atoms with van der Waals surface area (Å²) < 4.78 is 0. The summed E-state index contributed by atoms with van der Waals surface area (Å²) in [5.41, 5.74) is 5.99. The number of para-hydroxylation sites is 1. The summed E-state index contributed by atoms with van der Waals surface area (Å²) in [6.45, 7) is 5.20. The van der Waals surface area contributed by atoms with Crippen molar-refractivity contribution in [2.75, 3.05) is 18.0 Å². The number of hydrogen-bond donors (Lipinski definition) is 0. The Morgan fingerprint density at radius 1 is 0.828 bits per heavy atom. The number of fused-ring (bicyclic) bond motifs is 1. The molecule has 3 aromatic carbocycles. The van der Waals surface area contributed by atoms with E-state index in [1.54, 1.807) is 16.7 Å². The lowest BCUT2D eigenvalue weighted by Gasteiger charge is -2.23. The van der Waals surface area contributed by atoms with E-state index in [9.17, 15) is 9.59 Å². The van der Waals surface area contributed by atoms with Crippen molar-refractivity contribution in [3.8, 4) is 11.1 Å². The summed E-state index contributed by atoms with van der Waals surface area (Å²) in [7, 11) is 0. The number of amides is 2. The minimum atomic E-state index is -0.0424. The van der Waals surface area contributed by atoms with Crippen molar-refractivity contribution in [3.05, 3.63) is 89.5 Å². The lowest BCUT2D eigenvalue weighted by molar-refractivity contribution is -0.129. The molecule has 146 valence electrons. The summed E-state index contributed by atoms with van der Waals surface area (Å²) in [5, 5.41) is 0. The van der Waals surface area contributed by atoms with Crippen molar-refractivity contribution in [2.24, 2.45) is 0 Å². The fourth-order valence-corrected chi connectivity index (χ4v) is 3.86. The zero-order valence-corrected chi connectivity index (χ0v) is 16.8. The van der Waals surface area contributed by atoms with Crippen molar-refractivity contribution >= 4 is 17.5 Å². The monoisotopic (exact) mass is 384 g/mol. The van der Waals surface area contributed by atoms with E-state index in [-0.39, 0.29) is 11.8 Å². The molecule has 4 rings (SSSR count). The van der Waals surface area contributed by atoms with Gasteiger partial charge in [0.05, 0.1) is 0 Å². The minimum Gasteiger partial charge on any atom is -0.337 e. The molecule has 1 aliphatic rings. The minimum absolute atomic E-state index is 0.0247. The standard InChI is InChI=1S/C25H24N2O2/c1-18-7-3-5-9-23(18)20-11-13-21(14-12-20)25(29)27-16-15-26(19(2)28)17-22-8-4-6-10-24(22)27/h3-14H,15-17H2,1-2H3. The maximum Gasteiger partial charge on any atom is 0.258 e. The first-order valence-corrected chi connectivity index (χ1v) is 9.86. The number of anilines is 1. The van der Waals surface area contributed by atoms with Crippen LogP contribution in [0.15, 0.2) is 72.8 Å². The van der Waals surface area contributed by atoms with Gasteiger partial charge in [0.2, 0.25) is 5.91 Å². The van der Waals surface area contributed by atoms with Crippen LogP contribution in [-0.2, 0) is 11.3 Å². The van der Waals surface area contributed by atoms with Gasteiger partial charge in [-0.05, 0) is 47.4 Å². The molecule has 4 heteroatoms. The van der Waals surface area contributed by atoms with Crippen molar-refractivity contribution in [1.82, 2.24) is 4.90 Å². The van der Waals surface area contributed by atoms with Gasteiger partial charge in [-0.3, -0.25) is 9.59 Å². The molecule has 0 saturated heterocycles. The van der Waals surface area contributed by atoms with Gasteiger partial charge in [0.25, 0.3) is 5.91 Å². The molecular formula is C25H24N2O2. The van der Waals surface area contributed by atoms with E-state index < -0.39 is 0 Å². The Morgan fingerprint density at radius 2 is 1.52 bits per heavy atom. The first-order chi connectivity index (χ1) is 14.0. The highest BCUT2D eigenvalue weighted by molar-refractivity contribution is 6.07. The third kappa shape index (κ3) is 3.79. The molecule has 1 aliphatic heterocycles. The number of carbonyl (C=O) groups excluding carboxylic acids is 2. The van der Waals surface area contributed by atoms with E-state index in [2.05, 4.69) is 19.1 Å². The van der Waals surface area contributed by atoms with Gasteiger partial charge in [0.1, 0.15) is 0 Å². The lowest BCUT2D eigenvalue weighted by atomic mass is 9.99. The normalized spacial score (nSPS) is 13.6. The fraction of sp³-hybridized carbons (Fsp3) is 0.200. The molecule has 0 spiro atoms. The topological polar surface area (TPSA) is 40.6 Å². The Hall–Kier alpha value is -3.40. The van der Waals surface area contributed by atoms with Crippen LogP contribution in [0.2, 0.25) is 0 Å². The summed E-state index contributed by atoms with van der Waals surface area (Å²) >= 11 is 0. The van der Waals surface area contributed by atoms with Crippen LogP contribution in [-0.4, -0.2) is 29.8 Å². The van der Waals surface area contributed by atoms with Crippen molar-refractivity contribution in [1.29, 1.82) is 0 Å². The van der Waals surface area contributed by atoms with Gasteiger partial charge in [-0.2, -0.15) is 0 Å². The van der Waals surface area contributed by atoms with E-state index >= 15 is 0 Å². The number of aryl methyl sites for hydroxylation is 1. The first kappa shape index (κ1) is 18.9. The second kappa shape index (κ2) is 7.92. The SMILES string of the molecule is CC(=O)N1CCN(C(=O)c2ccc(-c3ccccc3C)cc2)c2ccccc2C1. The number of benzene rings is 3. The first-order valence-electron chi connectivity index (χ1n) is 9.86. The van der Waals surface area contributed by atoms with Crippen molar-refractivity contribution in [2.45, 2.75) is 20.4 Å². The smallest absolute Gasteiger partial charge is 0.258 e. The number of nitrogens with zero attached hydrogens (tertiary/aromatic N) is 2. The largest absolute Gasteiger partial charge is 0.337 e. The Labute approximate surface area is 171 Å². The van der Waals surface area contributed by atoms with Gasteiger partial charge in [-0.1, -0.05) is 54.6 Å². The van der Waals surface area contributed by atoms with Crippen molar-refractivity contribution in [3.63, 3.8) is 0 Å². The molecule has 29 heavy (non-hydrogen) atoms. The van der Waals surface area contributed by atoms with Crippen LogP contribution in [0.1, 0.15) is 28.4 Å². The van der Waals surface area contributed by atoms with Crippen LogP contribution < -0.4 is 4.90 Å². The van der Waals surface area contributed by atoms with Gasteiger partial charge in [0.15, 0.2) is 0 Å². The highest BCUT2D eigenvalue weighted by Crippen LogP contribution is 2.28. The molecule has 0 aliphatic carbocycles. The fourth-order valence-electron chi connectivity index (χ4n) is 3.86. The Kier molecular flexibility index (Phi) is 5.17. The summed E-state index contributed by atoms with van der Waals surface area (Å²) in [6.07, 6.45) is 0. The van der Waals surface area contributed by atoms with E-state index in [4.69, 9.17) is 0 Å². The Morgan fingerprint density at radius 3 is 2.24 bits per heavy atom. The molecule has 0 atom stereocenters. The second-order valence-electron chi connectivity index (χ2n) is 7.42. The van der Waals surface area contributed by atoms with Gasteiger partial charge in [-0.15, -0.1) is 0 Å². The molecule has 0 saturated carbocycles. The summed E-state index contributed by atoms with van der Waals surface area (Å²) in [6, 6.07) is 23.8. The summed E-state index contributed by atoms with van der Waals surface area (Å²) in [5.74, 6) is -0.0177. The van der Waals surface area contributed by atoms with Crippen LogP contribution in [0.5, 0.6) is 0 Å². The van der Waals surface area contributed by atoms with Crippen LogP contribution in [0.25, 0.3) is 11.1 Å². The third-order valence-corrected chi connectivity index (χ3v) is 5.52. The molecule has 0 bridgehead atoms. The lowest BCUT2D eigenvalue weighted by Crippen LogP contribution is -2.37. The molecule has 0 radical (unpaired) electrons. The number of hydrogen-bond acceptors (Lipinski definition) is 2. The van der Waals surface area contributed by atoms with Gasteiger partial charge >= 0.3 is 0 Å². The molecule has 0 N–H and O–H groups in total. The van der Waals surface area contributed by atoms with E-state index in [0.717, 1.165) is 16.8 Å². The average Bonchev–Trinajstić information content (AvgIpc) is 2.94. The molecule has 1 heterocycles. The predicted molar refractivity (Wildman–Crippen MR) is 116 cm³/mol. The Bertz CT molecular complexity index is 1060. The van der Waals surface area contributed by atoms with Crippen molar-refractivity contribution < 1.29 is 9.59 Å². The molecule has 0 unspecified atom stereocenters. The van der Waals surface area contributed by atoms with E-state index in [1.807, 2.05) is 60.7 Å². The zero-order valence-electron chi connectivity index (χ0n) is 16.8. The van der Waals surface area contributed by atoms with Gasteiger partial charge < -0.3 is 9.80 Å². The molecular weight excluding hydrogens is 360 g/mol. The Balaban J connectivity index is 1.64. The molecule has 2 amide bonds. The van der Waals surface area contributed by atoms with Gasteiger partial charge in [-0.25, -0.2) is 0 Å². The zero-order chi connectivity index (χ0) is 20.4. The molecule has 0 fully saturated rings. The molecule has 3 aromatic rings. The predicted octanol–water partition coefficient (Wildman–Crippen LogP) is 4.67. The number of rotatable bonds is 2. The quantitative estimate of drug-likeness (QED) is 0.644. The maximum absolute atomic E-state index is 13.3. The van der Waals surface area contributed by atoms with E-state index in [1.165, 1.54) is 11.1 Å². The number of carbonyl (C=O) groups is 2. The van der Waals surface area contributed by atoms with Gasteiger partial charge in [0, 0.05) is 37.8 Å². The van der Waals surface area contributed by atoms with Crippen LogP contribution in [0.3, 0.4) is 0 Å².